The summed E-state index contributed by atoms with van der Waals surface area (Å²) in [5.41, 5.74) is 12.0. The van der Waals surface area contributed by atoms with E-state index in [0.29, 0.717) is 37.8 Å². The van der Waals surface area contributed by atoms with Crippen LogP contribution in [0.15, 0.2) is 41.3 Å². The number of hydrogen-bond donors (Lipinski definition) is 3. The molecule has 196 valence electrons. The average Bonchev–Trinajstić information content (AvgIpc) is 2.81. The number of amides is 3. The van der Waals surface area contributed by atoms with E-state index in [2.05, 4.69) is 15.2 Å². The molecule has 36 heavy (non-hydrogen) atoms. The second-order valence-electron chi connectivity index (χ2n) is 9.86. The highest BCUT2D eigenvalue weighted by atomic mass is 35.5. The van der Waals surface area contributed by atoms with Crippen LogP contribution in [0.2, 0.25) is 0 Å². The number of nitrogens with one attached hydrogen (secondary N) is 1. The van der Waals surface area contributed by atoms with Crippen molar-refractivity contribution in [1.29, 1.82) is 0 Å². The molecule has 3 heterocycles. The third kappa shape index (κ3) is 6.41. The lowest BCUT2D eigenvalue weighted by atomic mass is 9.99. The summed E-state index contributed by atoms with van der Waals surface area (Å²) < 4.78 is 1.44. The third-order valence-electron chi connectivity index (χ3n) is 6.43. The van der Waals surface area contributed by atoms with Gasteiger partial charge in [0.2, 0.25) is 5.91 Å². The van der Waals surface area contributed by atoms with Gasteiger partial charge in [0.25, 0.3) is 0 Å². The number of carbonyl (C=O) groups is 2. The predicted octanol–water partition coefficient (Wildman–Crippen LogP) is 0.458. The van der Waals surface area contributed by atoms with Crippen LogP contribution in [0, 0.1) is 5.92 Å². The lowest BCUT2D eigenvalue weighted by Crippen LogP contribution is -2.58. The van der Waals surface area contributed by atoms with Crippen LogP contribution < -0.4 is 22.5 Å². The molecule has 0 unspecified atom stereocenters. The zero-order chi connectivity index (χ0) is 25.2. The summed E-state index contributed by atoms with van der Waals surface area (Å²) in [5.74, 6) is 0.633. The molecule has 0 saturated carbocycles. The Labute approximate surface area is 216 Å². The summed E-state index contributed by atoms with van der Waals surface area (Å²) >= 11 is 0. The molecule has 2 saturated heterocycles. The Hall–Kier alpha value is -2.99. The summed E-state index contributed by atoms with van der Waals surface area (Å²) in [5, 5.41) is 2.68. The van der Waals surface area contributed by atoms with Crippen LogP contribution >= 0.6 is 12.4 Å². The van der Waals surface area contributed by atoms with Gasteiger partial charge in [0, 0.05) is 52.0 Å². The third-order valence-corrected chi connectivity index (χ3v) is 6.43. The van der Waals surface area contributed by atoms with Gasteiger partial charge in [-0.25, -0.2) is 9.59 Å². The topological polar surface area (TPSA) is 143 Å². The van der Waals surface area contributed by atoms with E-state index in [-0.39, 0.29) is 30.2 Å². The molecule has 2 aromatic rings. The lowest BCUT2D eigenvalue weighted by Gasteiger charge is -2.38. The average molecular weight is 519 g/mol. The first-order valence-electron chi connectivity index (χ1n) is 11.9. The molecule has 1 aromatic heterocycles. The fraction of sp³-hybridized carbons (Fsp3) is 0.500. The second-order valence-corrected chi connectivity index (χ2v) is 9.86. The fourth-order valence-corrected chi connectivity index (χ4v) is 4.35. The number of urea groups is 1. The van der Waals surface area contributed by atoms with Crippen molar-refractivity contribution in [3.8, 4) is 5.69 Å². The quantitative estimate of drug-likeness (QED) is 0.504. The maximum atomic E-state index is 12.6. The first-order chi connectivity index (χ1) is 16.6. The number of benzene rings is 1. The fourth-order valence-electron chi connectivity index (χ4n) is 4.35. The normalized spacial score (nSPS) is 16.8. The molecule has 0 atom stereocenters. The number of piperazine rings is 1. The van der Waals surface area contributed by atoms with Gasteiger partial charge in [-0.1, -0.05) is 12.1 Å². The molecule has 5 N–H and O–H groups in total. The number of nitrogens with zero attached hydrogens (tertiary/aromatic N) is 5. The molecule has 0 spiro atoms. The van der Waals surface area contributed by atoms with Crippen molar-refractivity contribution in [3.05, 3.63) is 52.6 Å². The van der Waals surface area contributed by atoms with Gasteiger partial charge in [-0.3, -0.25) is 19.6 Å². The second kappa shape index (κ2) is 11.4. The van der Waals surface area contributed by atoms with E-state index in [9.17, 15) is 14.4 Å². The van der Waals surface area contributed by atoms with Crippen molar-refractivity contribution in [3.63, 3.8) is 0 Å². The Morgan fingerprint density at radius 2 is 1.67 bits per heavy atom. The Morgan fingerprint density at radius 3 is 2.22 bits per heavy atom. The largest absolute Gasteiger partial charge is 0.354 e. The Morgan fingerprint density at radius 1 is 1.06 bits per heavy atom. The van der Waals surface area contributed by atoms with Gasteiger partial charge in [0.15, 0.2) is 0 Å². The van der Waals surface area contributed by atoms with Crippen LogP contribution in [0.5, 0.6) is 0 Å². The molecule has 0 bridgehead atoms. The highest BCUT2D eigenvalue weighted by Gasteiger charge is 2.31. The van der Waals surface area contributed by atoms with Gasteiger partial charge in [0.1, 0.15) is 5.82 Å². The molecule has 3 amide bonds. The molecular formula is C24H35ClN8O3. The zero-order valence-electron chi connectivity index (χ0n) is 20.7. The number of halogens is 1. The van der Waals surface area contributed by atoms with Crippen molar-refractivity contribution < 1.29 is 9.59 Å². The van der Waals surface area contributed by atoms with Crippen LogP contribution in [0.3, 0.4) is 0 Å². The van der Waals surface area contributed by atoms with Crippen molar-refractivity contribution in [2.75, 3.05) is 51.1 Å². The van der Waals surface area contributed by atoms with Crippen LogP contribution in [0.1, 0.15) is 19.4 Å². The van der Waals surface area contributed by atoms with E-state index >= 15 is 0 Å². The molecule has 2 aliphatic heterocycles. The smallest absolute Gasteiger partial charge is 0.338 e. The van der Waals surface area contributed by atoms with Crippen molar-refractivity contribution >= 4 is 30.2 Å². The minimum absolute atomic E-state index is 0. The molecule has 12 heteroatoms. The van der Waals surface area contributed by atoms with Gasteiger partial charge in [0.05, 0.1) is 11.2 Å². The number of likely N-dealkylation sites (tertiary alicyclic amines) is 1. The van der Waals surface area contributed by atoms with Gasteiger partial charge >= 0.3 is 11.7 Å². The minimum atomic E-state index is -0.943. The van der Waals surface area contributed by atoms with Crippen molar-refractivity contribution in [2.24, 2.45) is 17.4 Å². The first-order valence-corrected chi connectivity index (χ1v) is 11.9. The van der Waals surface area contributed by atoms with Crippen molar-refractivity contribution in [2.45, 2.75) is 25.9 Å². The SMILES string of the molecule is CC(C)(N)C(=O)N1CCN(C(=O)Nc2ccn(-c3ccc(CN4CC(CN)C4)cc3)c(=O)n2)CC1.Cl. The highest BCUT2D eigenvalue weighted by molar-refractivity contribution is 5.89. The van der Waals surface area contributed by atoms with Gasteiger partial charge in [-0.2, -0.15) is 4.98 Å². The number of anilines is 1. The summed E-state index contributed by atoms with van der Waals surface area (Å²) in [6.07, 6.45) is 1.60. The first kappa shape index (κ1) is 27.6. The lowest BCUT2D eigenvalue weighted by molar-refractivity contribution is -0.137. The summed E-state index contributed by atoms with van der Waals surface area (Å²) in [7, 11) is 0. The van der Waals surface area contributed by atoms with E-state index in [0.717, 1.165) is 26.2 Å². The number of carbonyl (C=O) groups excluding carboxylic acids is 2. The summed E-state index contributed by atoms with van der Waals surface area (Å²) in [6, 6.07) is 9.02. The number of aromatic nitrogens is 2. The molecule has 0 radical (unpaired) electrons. The molecule has 0 aliphatic carbocycles. The van der Waals surface area contributed by atoms with Crippen LogP contribution in [0.25, 0.3) is 5.69 Å². The Balaban J connectivity index is 0.00000361. The summed E-state index contributed by atoms with van der Waals surface area (Å²) in [4.78, 5) is 47.2. The molecule has 4 rings (SSSR count). The Kier molecular flexibility index (Phi) is 8.72. The molecule has 2 aliphatic rings. The molecule has 1 aromatic carbocycles. The van der Waals surface area contributed by atoms with Gasteiger partial charge in [-0.05, 0) is 50.1 Å². The van der Waals surface area contributed by atoms with E-state index in [1.54, 1.807) is 35.9 Å². The minimum Gasteiger partial charge on any atom is -0.338 e. The molecular weight excluding hydrogens is 484 g/mol. The van der Waals surface area contributed by atoms with E-state index in [4.69, 9.17) is 11.5 Å². The van der Waals surface area contributed by atoms with Crippen molar-refractivity contribution in [1.82, 2.24) is 24.3 Å². The standard InChI is InChI=1S/C24H34N8O3.ClH/c1-24(2,26)21(33)30-9-11-31(12-10-30)22(34)27-20-7-8-32(23(35)28-20)19-5-3-17(4-6-19)14-29-15-18(13-25)16-29;/h3-8,18H,9-16,25-26H2,1-2H3,(H,27,28,34,35);1H. The zero-order valence-corrected chi connectivity index (χ0v) is 21.5. The van der Waals surface area contributed by atoms with Crippen LogP contribution in [-0.2, 0) is 11.3 Å². The van der Waals surface area contributed by atoms with Crippen LogP contribution in [-0.4, -0.2) is 87.5 Å². The summed E-state index contributed by atoms with van der Waals surface area (Å²) in [6.45, 7) is 8.54. The maximum Gasteiger partial charge on any atom is 0.354 e. The number of rotatable bonds is 6. The maximum absolute atomic E-state index is 12.6. The van der Waals surface area contributed by atoms with Gasteiger partial charge in [-0.15, -0.1) is 12.4 Å². The highest BCUT2D eigenvalue weighted by Crippen LogP contribution is 2.18. The van der Waals surface area contributed by atoms with E-state index in [1.807, 2.05) is 24.3 Å². The van der Waals surface area contributed by atoms with E-state index < -0.39 is 11.2 Å². The number of hydrogen-bond acceptors (Lipinski definition) is 7. The Bertz CT molecular complexity index is 1120. The molecule has 11 nitrogen and oxygen atoms in total. The van der Waals surface area contributed by atoms with Crippen LogP contribution in [0.4, 0.5) is 10.6 Å². The number of nitrogens with two attached hydrogens (primary N) is 2. The molecule has 2 fully saturated rings. The monoisotopic (exact) mass is 518 g/mol. The van der Waals surface area contributed by atoms with E-state index in [1.165, 1.54) is 10.1 Å². The van der Waals surface area contributed by atoms with Gasteiger partial charge < -0.3 is 21.3 Å². The predicted molar refractivity (Wildman–Crippen MR) is 140 cm³/mol.